The number of amides is 5. The van der Waals surface area contributed by atoms with Gasteiger partial charge in [-0.3, -0.25) is 24.0 Å². The van der Waals surface area contributed by atoms with Gasteiger partial charge >= 0.3 is 12.2 Å². The molecule has 5 amide bonds. The van der Waals surface area contributed by atoms with Crippen molar-refractivity contribution in [1.29, 1.82) is 0 Å². The average Bonchev–Trinajstić information content (AvgIpc) is 4.02. The predicted octanol–water partition coefficient (Wildman–Crippen LogP) is 4.18. The van der Waals surface area contributed by atoms with E-state index in [9.17, 15) is 32.4 Å². The van der Waals surface area contributed by atoms with Gasteiger partial charge in [-0.2, -0.15) is 0 Å². The van der Waals surface area contributed by atoms with Crippen molar-refractivity contribution < 1.29 is 41.9 Å². The predicted molar refractivity (Wildman–Crippen MR) is 198 cm³/mol. The number of benzene rings is 1. The van der Waals surface area contributed by atoms with Crippen LogP contribution >= 0.6 is 0 Å². The van der Waals surface area contributed by atoms with Crippen LogP contribution < -0.4 is 15.4 Å². The molecule has 4 heterocycles. The number of hydrogen-bond donors (Lipinski definition) is 3. The SMILES string of the molecule is O=C1N[C@H]2CCCCC/C=C\[C@H]3C[C@@]3(C(=O)NS(=O)(=O)C3CC3)NC(=O)[C@@H]3C[C@H](CN3C2=O)OC(=O)N2Cc3cccc(c3C2)/C=C\CCCCCCO1. The Balaban J connectivity index is 1.16. The van der Waals surface area contributed by atoms with Gasteiger partial charge in [-0.15, -0.1) is 0 Å². The number of nitrogens with zero attached hydrogens (tertiary/aromatic N) is 2. The van der Waals surface area contributed by atoms with Crippen molar-refractivity contribution in [1.82, 2.24) is 25.2 Å². The first-order valence-electron chi connectivity index (χ1n) is 19.6. The van der Waals surface area contributed by atoms with Gasteiger partial charge in [-0.25, -0.2) is 18.0 Å². The lowest BCUT2D eigenvalue weighted by Crippen LogP contribution is -2.58. The molecule has 6 aliphatic rings. The highest BCUT2D eigenvalue weighted by Gasteiger charge is 2.62. The summed E-state index contributed by atoms with van der Waals surface area (Å²) in [5.41, 5.74) is 1.60. The number of cyclic esters (lactones) is 1. The molecule has 2 aliphatic carbocycles. The Hall–Kier alpha value is -4.40. The maximum Gasteiger partial charge on any atom is 0.410 e. The minimum absolute atomic E-state index is 0.0478. The summed E-state index contributed by atoms with van der Waals surface area (Å²) in [5, 5.41) is 4.95. The maximum atomic E-state index is 14.4. The van der Waals surface area contributed by atoms with Gasteiger partial charge in [0.1, 0.15) is 23.7 Å². The fourth-order valence-corrected chi connectivity index (χ4v) is 9.44. The van der Waals surface area contributed by atoms with Crippen LogP contribution in [0.4, 0.5) is 9.59 Å². The highest BCUT2D eigenvalue weighted by molar-refractivity contribution is 7.91. The van der Waals surface area contributed by atoms with Crippen LogP contribution in [0.3, 0.4) is 0 Å². The lowest BCUT2D eigenvalue weighted by atomic mass is 10.0. The van der Waals surface area contributed by atoms with Crippen LogP contribution in [0.25, 0.3) is 6.08 Å². The molecular weight excluding hydrogens is 715 g/mol. The molecule has 0 aromatic heterocycles. The monoisotopic (exact) mass is 765 g/mol. The van der Waals surface area contributed by atoms with Gasteiger partial charge in [0, 0.05) is 18.9 Å². The fourth-order valence-electron chi connectivity index (χ4n) is 8.07. The van der Waals surface area contributed by atoms with Crippen LogP contribution in [0.5, 0.6) is 0 Å². The molecule has 0 spiro atoms. The molecule has 4 aliphatic heterocycles. The van der Waals surface area contributed by atoms with Gasteiger partial charge in [0.15, 0.2) is 0 Å². The summed E-state index contributed by atoms with van der Waals surface area (Å²) in [6.45, 7) is 0.817. The first kappa shape index (κ1) is 37.9. The van der Waals surface area contributed by atoms with Crippen molar-refractivity contribution in [2.75, 3.05) is 13.2 Å². The summed E-state index contributed by atoms with van der Waals surface area (Å²) in [4.78, 5) is 71.9. The zero-order chi connectivity index (χ0) is 37.9. The van der Waals surface area contributed by atoms with Crippen molar-refractivity contribution in [3.8, 4) is 0 Å². The standard InChI is InChI=1S/C39H51N5O9S/c45-34-33-21-29-24-44(33)35(46)32(17-10-6-3-5-9-16-28-22-39(28,41-34)36(47)42-54(50,51)30-18-19-30)40-37(48)52-20-11-7-2-1-4-8-13-26-14-12-15-27-23-43(25-31(26)27)38(49)53-29/h8-9,12-16,28-30,32-33H,1-7,10-11,17-25H2,(H,40,48)(H,41,45)(H,42,47)/b13-8-,16-9-/t28-,29+,32-,33-,39+/m0/s1. The third-order valence-corrected chi connectivity index (χ3v) is 13.3. The molecule has 0 radical (unpaired) electrons. The molecule has 3 N–H and O–H groups in total. The molecule has 5 bridgehead atoms. The van der Waals surface area contributed by atoms with Crippen molar-refractivity contribution in [2.24, 2.45) is 5.92 Å². The van der Waals surface area contributed by atoms with Crippen LogP contribution in [0.15, 0.2) is 36.4 Å². The number of allylic oxidation sites excluding steroid dienone is 2. The van der Waals surface area contributed by atoms with Crippen LogP contribution in [0.1, 0.15) is 107 Å². The Kier molecular flexibility index (Phi) is 11.3. The van der Waals surface area contributed by atoms with Crippen LogP contribution in [0, 0.1) is 5.92 Å². The van der Waals surface area contributed by atoms with E-state index in [0.717, 1.165) is 55.2 Å². The van der Waals surface area contributed by atoms with Gasteiger partial charge in [0.05, 0.1) is 24.9 Å². The fraction of sp³-hybridized carbons (Fsp3) is 0.615. The molecule has 15 heteroatoms. The Bertz CT molecular complexity index is 1810. The van der Waals surface area contributed by atoms with E-state index in [4.69, 9.17) is 9.47 Å². The number of carbonyl (C=O) groups excluding carboxylic acids is 5. The highest BCUT2D eigenvalue weighted by atomic mass is 32.2. The van der Waals surface area contributed by atoms with Gasteiger partial charge in [0.2, 0.25) is 21.8 Å². The zero-order valence-electron chi connectivity index (χ0n) is 30.6. The van der Waals surface area contributed by atoms with Crippen LogP contribution in [-0.2, 0) is 47.0 Å². The normalized spacial score (nSPS) is 31.2. The van der Waals surface area contributed by atoms with E-state index < -0.39 is 74.8 Å². The van der Waals surface area contributed by atoms with E-state index in [1.165, 1.54) is 4.90 Å². The molecule has 292 valence electrons. The number of fused-ring (bicyclic) bond motifs is 4. The largest absolute Gasteiger partial charge is 0.450 e. The minimum atomic E-state index is -3.90. The summed E-state index contributed by atoms with van der Waals surface area (Å²) < 4.78 is 39.3. The molecule has 1 saturated heterocycles. The molecule has 7 rings (SSSR count). The zero-order valence-corrected chi connectivity index (χ0v) is 31.4. The minimum Gasteiger partial charge on any atom is -0.450 e. The summed E-state index contributed by atoms with van der Waals surface area (Å²) in [6.07, 6.45) is 14.5. The maximum absolute atomic E-state index is 14.4. The van der Waals surface area contributed by atoms with E-state index in [2.05, 4.69) is 27.5 Å². The highest BCUT2D eigenvalue weighted by Crippen LogP contribution is 2.46. The van der Waals surface area contributed by atoms with E-state index in [0.29, 0.717) is 51.6 Å². The van der Waals surface area contributed by atoms with Gasteiger partial charge in [-0.05, 0) is 74.5 Å². The van der Waals surface area contributed by atoms with E-state index in [-0.39, 0.29) is 26.0 Å². The number of rotatable bonds is 3. The lowest BCUT2D eigenvalue weighted by Gasteiger charge is -2.29. The molecule has 1 aromatic carbocycles. The van der Waals surface area contributed by atoms with Crippen LogP contribution in [-0.4, -0.2) is 90.3 Å². The third-order valence-electron chi connectivity index (χ3n) is 11.5. The van der Waals surface area contributed by atoms with Crippen molar-refractivity contribution in [2.45, 2.75) is 132 Å². The Morgan fingerprint density at radius 2 is 1.70 bits per heavy atom. The molecular formula is C39H51N5O9S. The van der Waals surface area contributed by atoms with Crippen molar-refractivity contribution >= 4 is 46.0 Å². The third kappa shape index (κ3) is 8.61. The molecule has 5 atom stereocenters. The summed E-state index contributed by atoms with van der Waals surface area (Å²) in [6, 6.07) is 3.83. The van der Waals surface area contributed by atoms with Gasteiger partial charge in [0.25, 0.3) is 5.91 Å². The first-order chi connectivity index (χ1) is 26.0. The average molecular weight is 766 g/mol. The Morgan fingerprint density at radius 1 is 0.926 bits per heavy atom. The molecule has 2 saturated carbocycles. The molecule has 0 unspecified atom stereocenters. The second-order valence-electron chi connectivity index (χ2n) is 15.5. The summed E-state index contributed by atoms with van der Waals surface area (Å²) in [5.74, 6) is -2.43. The number of ether oxygens (including phenoxy) is 2. The first-order valence-corrected chi connectivity index (χ1v) is 21.1. The molecule has 14 nitrogen and oxygen atoms in total. The van der Waals surface area contributed by atoms with E-state index >= 15 is 0 Å². The second kappa shape index (κ2) is 16.1. The molecule has 1 aromatic rings. The number of alkyl carbamates (subject to hydrolysis) is 1. The van der Waals surface area contributed by atoms with E-state index in [1.807, 2.05) is 30.4 Å². The number of carbonyl (C=O) groups is 5. The molecule has 3 fully saturated rings. The summed E-state index contributed by atoms with van der Waals surface area (Å²) in [7, 11) is -3.90. The van der Waals surface area contributed by atoms with Crippen LogP contribution in [0.2, 0.25) is 0 Å². The number of nitrogens with one attached hydrogen (secondary N) is 3. The smallest absolute Gasteiger partial charge is 0.410 e. The molecule has 54 heavy (non-hydrogen) atoms. The second-order valence-corrected chi connectivity index (χ2v) is 17.5. The van der Waals surface area contributed by atoms with Crippen molar-refractivity contribution in [3.05, 3.63) is 53.1 Å². The lowest BCUT2D eigenvalue weighted by molar-refractivity contribution is -0.141. The number of sulfonamides is 1. The quantitative estimate of drug-likeness (QED) is 0.381. The Labute approximate surface area is 316 Å². The number of hydrogen-bond acceptors (Lipinski definition) is 9. The van der Waals surface area contributed by atoms with Gasteiger partial charge in [-0.1, -0.05) is 68.2 Å². The van der Waals surface area contributed by atoms with Gasteiger partial charge < -0.3 is 25.0 Å². The Morgan fingerprint density at radius 3 is 2.52 bits per heavy atom. The topological polar surface area (TPSA) is 181 Å². The summed E-state index contributed by atoms with van der Waals surface area (Å²) >= 11 is 0. The van der Waals surface area contributed by atoms with Crippen molar-refractivity contribution in [3.63, 3.8) is 0 Å². The van der Waals surface area contributed by atoms with E-state index in [1.54, 1.807) is 4.90 Å².